The smallest absolute Gasteiger partial charge is 0.419 e. The van der Waals surface area contributed by atoms with E-state index >= 15 is 0 Å². The molecule has 1 rings (SSSR count). The number of ether oxygens (including phenoxy) is 1. The van der Waals surface area contributed by atoms with Crippen LogP contribution in [0, 0.1) is 0 Å². The highest BCUT2D eigenvalue weighted by Crippen LogP contribution is 2.43. The fraction of sp³-hybridized carbons (Fsp3) is 0.333. The number of hydrogen-bond donors (Lipinski definition) is 0. The molecule has 15 heavy (non-hydrogen) atoms. The van der Waals surface area contributed by atoms with Crippen LogP contribution in [0.25, 0.3) is 0 Å². The van der Waals surface area contributed by atoms with Crippen LogP contribution < -0.4 is 4.74 Å². The molecule has 0 fully saturated rings. The van der Waals surface area contributed by atoms with E-state index in [0.29, 0.717) is 0 Å². The highest BCUT2D eigenvalue weighted by Gasteiger charge is 2.37. The summed E-state index contributed by atoms with van der Waals surface area (Å²) in [5.41, 5.74) is -1.06. The third kappa shape index (κ3) is 2.69. The van der Waals surface area contributed by atoms with Crippen molar-refractivity contribution < 1.29 is 17.9 Å². The van der Waals surface area contributed by atoms with Gasteiger partial charge < -0.3 is 4.74 Å². The first kappa shape index (κ1) is 12.5. The van der Waals surface area contributed by atoms with Crippen molar-refractivity contribution in [3.63, 3.8) is 0 Å². The van der Waals surface area contributed by atoms with E-state index in [1.54, 1.807) is 6.92 Å². The van der Waals surface area contributed by atoms with E-state index in [2.05, 4.69) is 0 Å². The van der Waals surface area contributed by atoms with Crippen molar-refractivity contribution in [1.29, 1.82) is 0 Å². The van der Waals surface area contributed by atoms with Gasteiger partial charge in [-0.15, -0.1) is 0 Å². The monoisotopic (exact) mass is 258 g/mol. The number of hydrogen-bond acceptors (Lipinski definition) is 1. The van der Waals surface area contributed by atoms with Crippen LogP contribution in [-0.2, 0) is 6.18 Å². The van der Waals surface area contributed by atoms with E-state index in [9.17, 15) is 13.2 Å². The second kappa shape index (κ2) is 4.49. The van der Waals surface area contributed by atoms with Gasteiger partial charge in [-0.2, -0.15) is 13.2 Å². The molecule has 0 spiro atoms. The Kier molecular flexibility index (Phi) is 3.73. The predicted molar refractivity (Wildman–Crippen MR) is 52.6 cm³/mol. The molecule has 0 bridgehead atoms. The first-order valence-corrected chi connectivity index (χ1v) is 4.81. The van der Waals surface area contributed by atoms with Gasteiger partial charge in [0.05, 0.1) is 22.2 Å². The zero-order valence-electron chi connectivity index (χ0n) is 7.66. The van der Waals surface area contributed by atoms with Gasteiger partial charge in [-0.3, -0.25) is 0 Å². The molecule has 1 aromatic carbocycles. The molecule has 0 aliphatic rings. The summed E-state index contributed by atoms with van der Waals surface area (Å²) in [6.07, 6.45) is -4.58. The SMILES string of the molecule is CCOc1ccc(Cl)c(C(F)(F)F)c1Cl. The van der Waals surface area contributed by atoms with Gasteiger partial charge in [0.25, 0.3) is 0 Å². The Morgan fingerprint density at radius 1 is 1.27 bits per heavy atom. The summed E-state index contributed by atoms with van der Waals surface area (Å²) in [5, 5.41) is -0.937. The van der Waals surface area contributed by atoms with Crippen LogP contribution in [0.1, 0.15) is 12.5 Å². The Morgan fingerprint density at radius 3 is 2.33 bits per heavy atom. The average Bonchev–Trinajstić information content (AvgIpc) is 2.08. The van der Waals surface area contributed by atoms with Crippen molar-refractivity contribution >= 4 is 23.2 Å². The minimum absolute atomic E-state index is 0.0177. The van der Waals surface area contributed by atoms with Gasteiger partial charge in [-0.1, -0.05) is 23.2 Å². The van der Waals surface area contributed by atoms with Crippen LogP contribution in [0.2, 0.25) is 10.0 Å². The predicted octanol–water partition coefficient (Wildman–Crippen LogP) is 4.41. The maximum atomic E-state index is 12.5. The van der Waals surface area contributed by atoms with Gasteiger partial charge in [0.2, 0.25) is 0 Å². The molecule has 0 atom stereocenters. The first-order chi connectivity index (χ1) is 6.88. The van der Waals surface area contributed by atoms with E-state index in [4.69, 9.17) is 27.9 Å². The molecule has 1 aromatic rings. The third-order valence-corrected chi connectivity index (χ3v) is 2.33. The molecular weight excluding hydrogens is 252 g/mol. The molecule has 0 radical (unpaired) electrons. The van der Waals surface area contributed by atoms with Gasteiger partial charge in [-0.05, 0) is 19.1 Å². The molecule has 0 heterocycles. The third-order valence-electron chi connectivity index (χ3n) is 1.64. The Morgan fingerprint density at radius 2 is 1.87 bits per heavy atom. The van der Waals surface area contributed by atoms with Crippen LogP contribution in [0.5, 0.6) is 5.75 Å². The molecule has 0 aliphatic carbocycles. The topological polar surface area (TPSA) is 9.23 Å². The van der Waals surface area contributed by atoms with Gasteiger partial charge in [-0.25, -0.2) is 0 Å². The lowest BCUT2D eigenvalue weighted by atomic mass is 10.2. The molecule has 84 valence electrons. The average molecular weight is 259 g/mol. The van der Waals surface area contributed by atoms with E-state index in [1.807, 2.05) is 0 Å². The number of rotatable bonds is 2. The molecule has 0 N–H and O–H groups in total. The van der Waals surface area contributed by atoms with E-state index in [1.165, 1.54) is 6.07 Å². The second-order valence-corrected chi connectivity index (χ2v) is 3.45. The molecule has 0 aromatic heterocycles. The standard InChI is InChI=1S/C9H7Cl2F3O/c1-2-15-6-4-3-5(10)7(8(6)11)9(12,13)14/h3-4H,2H2,1H3. The lowest BCUT2D eigenvalue weighted by Gasteiger charge is -2.14. The van der Waals surface area contributed by atoms with E-state index < -0.39 is 21.8 Å². The van der Waals surface area contributed by atoms with Crippen molar-refractivity contribution in [3.8, 4) is 5.75 Å². The van der Waals surface area contributed by atoms with Crippen LogP contribution in [0.15, 0.2) is 12.1 Å². The van der Waals surface area contributed by atoms with E-state index in [-0.39, 0.29) is 12.4 Å². The van der Waals surface area contributed by atoms with Crippen molar-refractivity contribution in [1.82, 2.24) is 0 Å². The zero-order chi connectivity index (χ0) is 11.6. The van der Waals surface area contributed by atoms with Gasteiger partial charge in [0.15, 0.2) is 0 Å². The number of alkyl halides is 3. The van der Waals surface area contributed by atoms with Crippen LogP contribution in [0.3, 0.4) is 0 Å². The fourth-order valence-electron chi connectivity index (χ4n) is 1.06. The van der Waals surface area contributed by atoms with Gasteiger partial charge in [0.1, 0.15) is 5.75 Å². The highest BCUT2D eigenvalue weighted by atomic mass is 35.5. The zero-order valence-corrected chi connectivity index (χ0v) is 9.17. The van der Waals surface area contributed by atoms with Crippen molar-refractivity contribution in [3.05, 3.63) is 27.7 Å². The highest BCUT2D eigenvalue weighted by molar-refractivity contribution is 6.37. The summed E-state index contributed by atoms with van der Waals surface area (Å²) < 4.78 is 42.5. The van der Waals surface area contributed by atoms with Gasteiger partial charge >= 0.3 is 6.18 Å². The Labute approximate surface area is 94.7 Å². The molecule has 0 amide bonds. The van der Waals surface area contributed by atoms with Crippen LogP contribution in [0.4, 0.5) is 13.2 Å². The molecule has 1 nitrogen and oxygen atoms in total. The second-order valence-electron chi connectivity index (χ2n) is 2.67. The van der Waals surface area contributed by atoms with Crippen molar-refractivity contribution in [2.75, 3.05) is 6.61 Å². The maximum absolute atomic E-state index is 12.5. The summed E-state index contributed by atoms with van der Waals surface area (Å²) in [6, 6.07) is 2.42. The largest absolute Gasteiger partial charge is 0.492 e. The molecule has 0 aliphatic heterocycles. The van der Waals surface area contributed by atoms with E-state index in [0.717, 1.165) is 6.07 Å². The summed E-state index contributed by atoms with van der Waals surface area (Å²) in [7, 11) is 0. The minimum Gasteiger partial charge on any atom is -0.492 e. The molecule has 0 saturated heterocycles. The van der Waals surface area contributed by atoms with Crippen molar-refractivity contribution in [2.24, 2.45) is 0 Å². The molecule has 0 saturated carbocycles. The normalized spacial score (nSPS) is 11.6. The maximum Gasteiger partial charge on any atom is 0.419 e. The quantitative estimate of drug-likeness (QED) is 0.764. The Hall–Kier alpha value is -0.610. The van der Waals surface area contributed by atoms with Crippen LogP contribution in [-0.4, -0.2) is 6.61 Å². The summed E-state index contributed by atoms with van der Waals surface area (Å²) in [5.74, 6) is -0.0177. The lowest BCUT2D eigenvalue weighted by Crippen LogP contribution is -2.08. The summed E-state index contributed by atoms with van der Waals surface area (Å²) in [4.78, 5) is 0. The molecule has 0 unspecified atom stereocenters. The minimum atomic E-state index is -4.58. The lowest BCUT2D eigenvalue weighted by molar-refractivity contribution is -0.137. The van der Waals surface area contributed by atoms with Gasteiger partial charge in [0, 0.05) is 0 Å². The summed E-state index contributed by atoms with van der Waals surface area (Å²) >= 11 is 11.0. The summed E-state index contributed by atoms with van der Waals surface area (Å²) in [6.45, 7) is 1.89. The molecule has 6 heteroatoms. The molecular formula is C9H7Cl2F3O. The number of benzene rings is 1. The first-order valence-electron chi connectivity index (χ1n) is 4.06. The Balaban J connectivity index is 3.30. The fourth-order valence-corrected chi connectivity index (χ4v) is 1.70. The van der Waals surface area contributed by atoms with Crippen LogP contribution >= 0.6 is 23.2 Å². The number of halogens is 5. The van der Waals surface area contributed by atoms with Crippen molar-refractivity contribution in [2.45, 2.75) is 13.1 Å². The Bertz CT molecular complexity index is 363.